The molecule has 0 atom stereocenters. The Morgan fingerprint density at radius 2 is 1.62 bits per heavy atom. The normalized spacial score (nSPS) is 6.62. The van der Waals surface area contributed by atoms with Crippen molar-refractivity contribution >= 4 is 63.4 Å². The molecular weight excluding hydrogens is 327 g/mol. The molecule has 0 N–H and O–H groups in total. The Balaban J connectivity index is 5.06. The summed E-state index contributed by atoms with van der Waals surface area (Å²) in [5.74, 6) is 0. The van der Waals surface area contributed by atoms with Gasteiger partial charge in [-0.1, -0.05) is 0 Å². The molecule has 0 aliphatic carbocycles. The fourth-order valence-corrected chi connectivity index (χ4v) is 12.7. The predicted octanol–water partition coefficient (Wildman–Crippen LogP) is -0.0193. The Morgan fingerprint density at radius 3 is 2.12 bits per heavy atom. The summed E-state index contributed by atoms with van der Waals surface area (Å²) in [5, 5.41) is 0. The molecule has 0 radical (unpaired) electrons. The molecule has 0 saturated carbocycles. The number of rotatable bonds is 0. The Labute approximate surface area is 78.6 Å². The first-order chi connectivity index (χ1) is 3.91. The van der Waals surface area contributed by atoms with Crippen LogP contribution in [0.3, 0.4) is 0 Å². The van der Waals surface area contributed by atoms with Gasteiger partial charge in [0.15, 0.2) is 0 Å². The quantitative estimate of drug-likeness (QED) is 0.564. The van der Waals surface area contributed by atoms with Gasteiger partial charge in [0.25, 0.3) is 0 Å². The summed E-state index contributed by atoms with van der Waals surface area (Å²) in [6, 6.07) is 0. The van der Waals surface area contributed by atoms with E-state index in [1.165, 1.54) is 8.88 Å². The Bertz CT molecular complexity index is 234. The van der Waals surface area contributed by atoms with Crippen LogP contribution in [-0.2, 0) is 80.0 Å². The summed E-state index contributed by atoms with van der Waals surface area (Å²) < 4.78 is 0. The molecule has 0 fully saturated rings. The Morgan fingerprint density at radius 1 is 1.00 bits per heavy atom. The van der Waals surface area contributed by atoms with Crippen LogP contribution >= 0.6 is 0 Å². The molecule has 0 aromatic heterocycles. The minimum absolute atomic E-state index is 1.36. The summed E-state index contributed by atoms with van der Waals surface area (Å²) in [6.07, 6.45) is 0. The van der Waals surface area contributed by atoms with Gasteiger partial charge in [-0.05, 0) is 0 Å². The minimum atomic E-state index is 1.36. The fourth-order valence-electron chi connectivity index (χ4n) is 0.0433. The van der Waals surface area contributed by atoms with E-state index < -0.39 is 0 Å². The van der Waals surface area contributed by atoms with Crippen LogP contribution in [0.2, 0.25) is 0 Å². The van der Waals surface area contributed by atoms with Gasteiger partial charge in [-0.25, -0.2) is 0 Å². The summed E-state index contributed by atoms with van der Waals surface area (Å²) in [7, 11) is 9.75. The third kappa shape index (κ3) is 8.16. The van der Waals surface area contributed by atoms with E-state index in [9.17, 15) is 0 Å². The van der Waals surface area contributed by atoms with Gasteiger partial charge in [0.05, 0.1) is 0 Å². The van der Waals surface area contributed by atoms with E-state index in [4.69, 9.17) is 0 Å². The van der Waals surface area contributed by atoms with Gasteiger partial charge in [-0.15, -0.1) is 0 Å². The molecule has 0 aliphatic heterocycles. The van der Waals surface area contributed by atoms with E-state index in [0.717, 1.165) is 0 Å². The van der Waals surface area contributed by atoms with Crippen molar-refractivity contribution in [1.29, 1.82) is 0 Å². The van der Waals surface area contributed by atoms with Crippen LogP contribution in [0.25, 0.3) is 0 Å². The van der Waals surface area contributed by atoms with Crippen molar-refractivity contribution in [3.05, 3.63) is 0 Å². The van der Waals surface area contributed by atoms with Crippen LogP contribution in [-0.4, -0.2) is 0 Å². The Hall–Kier alpha value is 2.16. The van der Waals surface area contributed by atoms with E-state index in [-0.39, 0.29) is 0 Å². The van der Waals surface area contributed by atoms with Gasteiger partial charge in [0, 0.05) is 0 Å². The van der Waals surface area contributed by atoms with Crippen LogP contribution in [0.15, 0.2) is 0 Å². The van der Waals surface area contributed by atoms with Gasteiger partial charge in [0.1, 0.15) is 0 Å². The van der Waals surface area contributed by atoms with Crippen LogP contribution in [0, 0.1) is 0 Å². The topological polar surface area (TPSA) is 0 Å². The maximum absolute atomic E-state index is 4.62. The maximum atomic E-state index is 4.62. The molecule has 0 amide bonds. The molecule has 0 aromatic carbocycles. The SMILES string of the molecule is S=S=S=S=S=S=[S]=[Rh]. The molecule has 0 aromatic rings. The zero-order chi connectivity index (χ0) is 6.24. The molecule has 0 aliphatic rings. The molecule has 8 heavy (non-hydrogen) atoms. The van der Waals surface area contributed by atoms with Crippen LogP contribution in [0.4, 0.5) is 0 Å². The Kier molecular flexibility index (Phi) is 11.6. The third-order valence-corrected chi connectivity index (χ3v) is 12.6. The molecule has 8 heteroatoms. The molecule has 51 valence electrons. The summed E-state index contributed by atoms with van der Waals surface area (Å²) >= 11 is 7.36. The van der Waals surface area contributed by atoms with Gasteiger partial charge in [0.2, 0.25) is 0 Å². The molecule has 0 saturated heterocycles. The van der Waals surface area contributed by atoms with Gasteiger partial charge in [-0.2, -0.15) is 0 Å². The van der Waals surface area contributed by atoms with Crippen molar-refractivity contribution in [2.24, 2.45) is 0 Å². The predicted molar refractivity (Wildman–Crippen MR) is 51.6 cm³/mol. The monoisotopic (exact) mass is 327 g/mol. The molecular formula is RhS7. The first-order valence-electron chi connectivity index (χ1n) is 1.14. The standard InChI is InChI=1S/Rh.S7/c;1-3-5-7-6-4-2. The molecule has 0 rings (SSSR count). The van der Waals surface area contributed by atoms with Crippen molar-refractivity contribution in [2.45, 2.75) is 0 Å². The molecule has 0 unspecified atom stereocenters. The first kappa shape index (κ1) is 10.2. The molecule has 0 nitrogen and oxygen atoms in total. The van der Waals surface area contributed by atoms with E-state index in [0.29, 0.717) is 0 Å². The second-order valence-electron chi connectivity index (χ2n) is 0.396. The average Bonchev–Trinajstić information content (AvgIpc) is 1.81. The van der Waals surface area contributed by atoms with Crippen molar-refractivity contribution in [3.63, 3.8) is 0 Å². The zero-order valence-corrected chi connectivity index (χ0v) is 10.5. The third-order valence-electron chi connectivity index (χ3n) is 0.134. The van der Waals surface area contributed by atoms with Crippen LogP contribution < -0.4 is 0 Å². The molecule has 0 bridgehead atoms. The van der Waals surface area contributed by atoms with Crippen molar-refractivity contribution in [2.75, 3.05) is 0 Å². The first-order valence-corrected chi connectivity index (χ1v) is 11.4. The second kappa shape index (κ2) is 9.16. The van der Waals surface area contributed by atoms with Gasteiger partial charge in [-0.3, -0.25) is 0 Å². The van der Waals surface area contributed by atoms with Gasteiger partial charge < -0.3 is 0 Å². The summed E-state index contributed by atoms with van der Waals surface area (Å²) in [6.45, 7) is 0. The van der Waals surface area contributed by atoms with Crippen LogP contribution in [0.5, 0.6) is 0 Å². The van der Waals surface area contributed by atoms with Crippen LogP contribution in [0.1, 0.15) is 0 Å². The number of hydrogen-bond acceptors (Lipinski definition) is 1. The van der Waals surface area contributed by atoms with E-state index in [2.05, 4.69) is 27.7 Å². The van der Waals surface area contributed by atoms with Crippen molar-refractivity contribution in [3.8, 4) is 0 Å². The van der Waals surface area contributed by atoms with E-state index in [1.807, 2.05) is 0 Å². The molecule has 0 heterocycles. The van der Waals surface area contributed by atoms with E-state index >= 15 is 0 Å². The van der Waals surface area contributed by atoms with Crippen molar-refractivity contribution in [1.82, 2.24) is 0 Å². The zero-order valence-electron chi connectivity index (χ0n) is 3.19. The number of hydrogen-bond donors (Lipinski definition) is 0. The summed E-state index contributed by atoms with van der Waals surface area (Å²) in [5.41, 5.74) is 0. The van der Waals surface area contributed by atoms with E-state index in [1.54, 1.807) is 43.3 Å². The second-order valence-corrected chi connectivity index (χ2v) is 12.1. The fraction of sp³-hybridized carbons (Fsp3) is 0. The molecule has 0 spiro atoms. The average molecular weight is 327 g/mol. The van der Waals surface area contributed by atoms with Gasteiger partial charge >= 0.3 is 80.0 Å². The van der Waals surface area contributed by atoms with Crippen molar-refractivity contribution < 1.29 is 16.6 Å². The summed E-state index contributed by atoms with van der Waals surface area (Å²) in [4.78, 5) is 0.